The van der Waals surface area contributed by atoms with Crippen LogP contribution in [0.5, 0.6) is 0 Å². The smallest absolute Gasteiger partial charge is 0.374 e. The van der Waals surface area contributed by atoms with Gasteiger partial charge in [-0.25, -0.2) is 0 Å². The molecular weight excluding hydrogens is 371 g/mol. The lowest BCUT2D eigenvalue weighted by Crippen LogP contribution is -2.32. The first-order valence-corrected chi connectivity index (χ1v) is 8.88. The largest absolute Gasteiger partial charge is 0.416 e. The fourth-order valence-electron chi connectivity index (χ4n) is 2.52. The summed E-state index contributed by atoms with van der Waals surface area (Å²) in [7, 11) is 0. The van der Waals surface area contributed by atoms with Crippen LogP contribution in [0.3, 0.4) is 0 Å². The highest BCUT2D eigenvalue weighted by Crippen LogP contribution is 2.29. The van der Waals surface area contributed by atoms with Crippen LogP contribution >= 0.6 is 0 Å². The summed E-state index contributed by atoms with van der Waals surface area (Å²) in [6.07, 6.45) is -2.40. The van der Waals surface area contributed by atoms with Crippen molar-refractivity contribution in [1.82, 2.24) is 5.32 Å². The Hall–Kier alpha value is -3.03. The predicted molar refractivity (Wildman–Crippen MR) is 100 cm³/mol. The zero-order chi connectivity index (χ0) is 20.3. The minimum atomic E-state index is -4.42. The van der Waals surface area contributed by atoms with Crippen LogP contribution in [0.2, 0.25) is 0 Å². The van der Waals surface area contributed by atoms with E-state index in [2.05, 4.69) is 16.0 Å². The molecule has 1 atom stereocenters. The molecule has 1 aliphatic rings. The topological polar surface area (TPSA) is 70.2 Å². The molecule has 2 aromatic rings. The first kappa shape index (κ1) is 19.7. The maximum absolute atomic E-state index is 12.6. The number of carbonyl (C=O) groups is 2. The number of nitrogens with one attached hydrogen (secondary N) is 3. The van der Waals surface area contributed by atoms with E-state index in [-0.39, 0.29) is 17.6 Å². The van der Waals surface area contributed by atoms with E-state index in [0.29, 0.717) is 11.3 Å². The van der Waals surface area contributed by atoms with Crippen molar-refractivity contribution in [1.29, 1.82) is 0 Å². The lowest BCUT2D eigenvalue weighted by atomic mass is 10.1. The number of rotatable bonds is 6. The second-order valence-electron chi connectivity index (χ2n) is 6.76. The number of carbonyl (C=O) groups excluding carboxylic acids is 2. The molecule has 1 fully saturated rings. The zero-order valence-electron chi connectivity index (χ0n) is 15.1. The molecule has 5 nitrogen and oxygen atoms in total. The fourth-order valence-corrected chi connectivity index (χ4v) is 2.52. The molecule has 3 rings (SSSR count). The number of alkyl halides is 3. The second-order valence-corrected chi connectivity index (χ2v) is 6.76. The highest BCUT2D eigenvalue weighted by Gasteiger charge is 2.30. The first-order chi connectivity index (χ1) is 13.2. The minimum Gasteiger partial charge on any atom is -0.374 e. The summed E-state index contributed by atoms with van der Waals surface area (Å²) in [5.74, 6) is -0.516. The molecule has 2 amide bonds. The molecule has 2 aromatic carbocycles. The average Bonchev–Trinajstić information content (AvgIpc) is 3.46. The van der Waals surface area contributed by atoms with Crippen LogP contribution in [0.1, 0.15) is 35.7 Å². The van der Waals surface area contributed by atoms with Crippen LogP contribution in [-0.4, -0.2) is 23.9 Å². The summed E-state index contributed by atoms with van der Waals surface area (Å²) in [5, 5.41) is 8.45. The van der Waals surface area contributed by atoms with Gasteiger partial charge in [0.05, 0.1) is 5.56 Å². The third kappa shape index (κ3) is 5.25. The van der Waals surface area contributed by atoms with Crippen LogP contribution in [0.15, 0.2) is 48.5 Å². The van der Waals surface area contributed by atoms with Gasteiger partial charge < -0.3 is 16.0 Å². The Morgan fingerprint density at radius 2 is 1.54 bits per heavy atom. The Balaban J connectivity index is 1.54. The van der Waals surface area contributed by atoms with E-state index in [1.807, 2.05) is 0 Å². The van der Waals surface area contributed by atoms with Crippen molar-refractivity contribution in [2.75, 3.05) is 10.6 Å². The normalized spacial score (nSPS) is 14.9. The van der Waals surface area contributed by atoms with Gasteiger partial charge >= 0.3 is 6.18 Å². The van der Waals surface area contributed by atoms with Crippen molar-refractivity contribution in [3.63, 3.8) is 0 Å². The molecule has 0 aliphatic heterocycles. The van der Waals surface area contributed by atoms with E-state index >= 15 is 0 Å². The quantitative estimate of drug-likeness (QED) is 0.696. The molecule has 28 heavy (non-hydrogen) atoms. The van der Waals surface area contributed by atoms with Crippen LogP contribution < -0.4 is 16.0 Å². The van der Waals surface area contributed by atoms with E-state index < -0.39 is 23.7 Å². The van der Waals surface area contributed by atoms with Crippen molar-refractivity contribution in [2.24, 2.45) is 0 Å². The van der Waals surface area contributed by atoms with Crippen molar-refractivity contribution in [2.45, 2.75) is 38.0 Å². The summed E-state index contributed by atoms with van der Waals surface area (Å²) in [6.45, 7) is 1.63. The molecule has 0 bridgehead atoms. The lowest BCUT2D eigenvalue weighted by Gasteiger charge is -2.16. The van der Waals surface area contributed by atoms with Gasteiger partial charge in [0, 0.05) is 23.0 Å². The molecule has 148 valence electrons. The molecule has 1 saturated carbocycles. The van der Waals surface area contributed by atoms with Gasteiger partial charge in [0.25, 0.3) is 5.91 Å². The average molecular weight is 391 g/mol. The molecule has 8 heteroatoms. The van der Waals surface area contributed by atoms with Gasteiger partial charge in [0.15, 0.2) is 0 Å². The summed E-state index contributed by atoms with van der Waals surface area (Å²) in [6, 6.07) is 10.6. The van der Waals surface area contributed by atoms with Gasteiger partial charge in [0.2, 0.25) is 5.91 Å². The molecule has 0 spiro atoms. The van der Waals surface area contributed by atoms with Crippen LogP contribution in [0.25, 0.3) is 0 Å². The highest BCUT2D eigenvalue weighted by atomic mass is 19.4. The van der Waals surface area contributed by atoms with E-state index in [1.165, 1.54) is 12.1 Å². The Morgan fingerprint density at radius 1 is 0.964 bits per heavy atom. The number of hydrogen-bond acceptors (Lipinski definition) is 3. The maximum atomic E-state index is 12.6. The molecular formula is C20H20F3N3O2. The Morgan fingerprint density at radius 3 is 2.07 bits per heavy atom. The fraction of sp³-hybridized carbons (Fsp3) is 0.300. The second kappa shape index (κ2) is 7.92. The Labute approximate surface area is 160 Å². The summed E-state index contributed by atoms with van der Waals surface area (Å²) in [5.41, 5.74) is 0.693. The van der Waals surface area contributed by atoms with E-state index in [9.17, 15) is 22.8 Å². The number of benzene rings is 2. The lowest BCUT2D eigenvalue weighted by molar-refractivity contribution is -0.137. The zero-order valence-corrected chi connectivity index (χ0v) is 15.1. The van der Waals surface area contributed by atoms with Crippen molar-refractivity contribution in [3.05, 3.63) is 59.7 Å². The molecule has 3 N–H and O–H groups in total. The van der Waals surface area contributed by atoms with Crippen molar-refractivity contribution in [3.8, 4) is 0 Å². The molecule has 0 saturated heterocycles. The molecule has 1 aliphatic carbocycles. The third-order valence-corrected chi connectivity index (χ3v) is 4.32. The van der Waals surface area contributed by atoms with Crippen LogP contribution in [0, 0.1) is 0 Å². The number of halogens is 3. The molecule has 0 aromatic heterocycles. The minimum absolute atomic E-state index is 0.123. The van der Waals surface area contributed by atoms with Gasteiger partial charge in [-0.3, -0.25) is 9.59 Å². The third-order valence-electron chi connectivity index (χ3n) is 4.32. The van der Waals surface area contributed by atoms with Crippen molar-refractivity contribution >= 4 is 23.2 Å². The Kier molecular flexibility index (Phi) is 5.58. The SMILES string of the molecule is CC(Nc1ccc(C(=O)NC2CC2)cc1)C(=O)Nc1ccc(C(F)(F)F)cc1. The van der Waals surface area contributed by atoms with Gasteiger partial charge in [-0.1, -0.05) is 0 Å². The monoisotopic (exact) mass is 391 g/mol. The number of hydrogen-bond donors (Lipinski definition) is 3. The van der Waals surface area contributed by atoms with Gasteiger partial charge in [-0.2, -0.15) is 13.2 Å². The van der Waals surface area contributed by atoms with Gasteiger partial charge in [0.1, 0.15) is 6.04 Å². The molecule has 1 unspecified atom stereocenters. The molecule has 0 heterocycles. The summed E-state index contributed by atoms with van der Waals surface area (Å²) < 4.78 is 37.7. The first-order valence-electron chi connectivity index (χ1n) is 8.88. The van der Waals surface area contributed by atoms with E-state index in [1.54, 1.807) is 31.2 Å². The van der Waals surface area contributed by atoms with Crippen LogP contribution in [-0.2, 0) is 11.0 Å². The van der Waals surface area contributed by atoms with Crippen LogP contribution in [0.4, 0.5) is 24.5 Å². The number of amides is 2. The van der Waals surface area contributed by atoms with Gasteiger partial charge in [-0.05, 0) is 68.3 Å². The molecule has 0 radical (unpaired) electrons. The maximum Gasteiger partial charge on any atom is 0.416 e. The highest BCUT2D eigenvalue weighted by molar-refractivity contribution is 5.97. The van der Waals surface area contributed by atoms with E-state index in [0.717, 1.165) is 25.0 Å². The standard InChI is InChI=1S/C20H20F3N3O2/c1-12(18(27)25-16-8-4-14(5-9-16)20(21,22)23)24-15-6-2-13(3-7-15)19(28)26-17-10-11-17/h2-9,12,17,24H,10-11H2,1H3,(H,25,27)(H,26,28). The summed E-state index contributed by atoms with van der Waals surface area (Å²) in [4.78, 5) is 24.2. The van der Waals surface area contributed by atoms with E-state index in [4.69, 9.17) is 0 Å². The van der Waals surface area contributed by atoms with Crippen molar-refractivity contribution < 1.29 is 22.8 Å². The number of anilines is 2. The Bertz CT molecular complexity index is 844. The predicted octanol–water partition coefficient (Wildman–Crippen LogP) is 4.04. The van der Waals surface area contributed by atoms with Gasteiger partial charge in [-0.15, -0.1) is 0 Å². The summed E-state index contributed by atoms with van der Waals surface area (Å²) >= 11 is 0.